The highest BCUT2D eigenvalue weighted by Gasteiger charge is 2.35. The molecule has 1 rings (SSSR count). The first-order valence-corrected chi connectivity index (χ1v) is 4.20. The van der Waals surface area contributed by atoms with Gasteiger partial charge >= 0.3 is 18.5 Å². The van der Waals surface area contributed by atoms with Crippen LogP contribution in [-0.4, -0.2) is 17.4 Å². The summed E-state index contributed by atoms with van der Waals surface area (Å²) in [6.45, 7) is 0. The van der Waals surface area contributed by atoms with Gasteiger partial charge in [0.25, 0.3) is 0 Å². The fourth-order valence-corrected chi connectivity index (χ4v) is 1.08. The van der Waals surface area contributed by atoms with Gasteiger partial charge in [0.05, 0.1) is 11.1 Å². The van der Waals surface area contributed by atoms with Crippen LogP contribution in [0.3, 0.4) is 0 Å². The predicted octanol–water partition coefficient (Wildman–Crippen LogP) is 3.30. The molecule has 0 fully saturated rings. The lowest BCUT2D eigenvalue weighted by molar-refractivity contribution is -0.274. The van der Waals surface area contributed by atoms with Gasteiger partial charge in [0.2, 0.25) is 0 Å². The van der Waals surface area contributed by atoms with Crippen molar-refractivity contribution in [1.82, 2.24) is 0 Å². The van der Waals surface area contributed by atoms with Crippen molar-refractivity contribution in [1.29, 1.82) is 0 Å². The number of ether oxygens (including phenoxy) is 1. The van der Waals surface area contributed by atoms with Crippen molar-refractivity contribution in [2.24, 2.45) is 0 Å². The lowest BCUT2D eigenvalue weighted by Gasteiger charge is -2.13. The molecule has 0 radical (unpaired) electrons. The van der Waals surface area contributed by atoms with Crippen molar-refractivity contribution in [3.8, 4) is 5.75 Å². The summed E-state index contributed by atoms with van der Waals surface area (Å²) in [7, 11) is 0. The van der Waals surface area contributed by atoms with Gasteiger partial charge in [0, 0.05) is 0 Å². The fraction of sp³-hybridized carbons (Fsp3) is 0.222. The van der Waals surface area contributed by atoms with Crippen LogP contribution in [0.25, 0.3) is 0 Å². The molecule has 0 amide bonds. The van der Waals surface area contributed by atoms with Gasteiger partial charge in [-0.05, 0) is 18.2 Å². The van der Waals surface area contributed by atoms with Gasteiger partial charge in [-0.25, -0.2) is 4.79 Å². The van der Waals surface area contributed by atoms with Gasteiger partial charge < -0.3 is 9.84 Å². The van der Waals surface area contributed by atoms with E-state index in [2.05, 4.69) is 4.74 Å². The van der Waals surface area contributed by atoms with Gasteiger partial charge in [-0.1, -0.05) is 0 Å². The van der Waals surface area contributed by atoms with Gasteiger partial charge in [-0.3, -0.25) is 0 Å². The number of hydrogen-bond acceptors (Lipinski definition) is 2. The second-order valence-electron chi connectivity index (χ2n) is 3.10. The van der Waals surface area contributed by atoms with Crippen molar-refractivity contribution >= 4 is 5.97 Å². The van der Waals surface area contributed by atoms with Crippen molar-refractivity contribution in [3.63, 3.8) is 0 Å². The summed E-state index contributed by atoms with van der Waals surface area (Å²) in [6.07, 6.45) is -10.2. The van der Waals surface area contributed by atoms with E-state index in [1.807, 2.05) is 0 Å². The molecule has 0 atom stereocenters. The maximum absolute atomic E-state index is 12.3. The van der Waals surface area contributed by atoms with Crippen molar-refractivity contribution in [2.75, 3.05) is 0 Å². The van der Waals surface area contributed by atoms with Crippen LogP contribution in [0.1, 0.15) is 15.9 Å². The first-order chi connectivity index (χ1) is 7.99. The zero-order chi connectivity index (χ0) is 14.1. The summed E-state index contributed by atoms with van der Waals surface area (Å²) < 4.78 is 75.8. The smallest absolute Gasteiger partial charge is 0.478 e. The fourth-order valence-electron chi connectivity index (χ4n) is 1.08. The molecule has 0 unspecified atom stereocenters. The second-order valence-corrected chi connectivity index (χ2v) is 3.10. The number of benzene rings is 1. The maximum Gasteiger partial charge on any atom is 0.573 e. The molecule has 0 saturated carbocycles. The van der Waals surface area contributed by atoms with E-state index < -0.39 is 35.4 Å². The SMILES string of the molecule is O=C(O)c1cc(OC(F)(F)F)cc(C(F)(F)F)c1. The molecule has 0 heterocycles. The third-order valence-corrected chi connectivity index (χ3v) is 1.71. The van der Waals surface area contributed by atoms with Crippen molar-refractivity contribution in [3.05, 3.63) is 29.3 Å². The molecular weight excluding hydrogens is 270 g/mol. The normalized spacial score (nSPS) is 12.3. The number of aromatic carboxylic acids is 1. The van der Waals surface area contributed by atoms with Gasteiger partial charge in [-0.2, -0.15) is 13.2 Å². The van der Waals surface area contributed by atoms with Crippen LogP contribution in [0.4, 0.5) is 26.3 Å². The maximum atomic E-state index is 12.3. The summed E-state index contributed by atoms with van der Waals surface area (Å²) in [5, 5.41) is 8.49. The Morgan fingerprint density at radius 3 is 2.00 bits per heavy atom. The van der Waals surface area contributed by atoms with E-state index in [9.17, 15) is 31.1 Å². The summed E-state index contributed by atoms with van der Waals surface area (Å²) >= 11 is 0. The first kappa shape index (κ1) is 14.1. The molecule has 0 aliphatic rings. The molecule has 0 bridgehead atoms. The minimum Gasteiger partial charge on any atom is -0.478 e. The first-order valence-electron chi connectivity index (χ1n) is 4.20. The Morgan fingerprint density at radius 1 is 1.06 bits per heavy atom. The topological polar surface area (TPSA) is 46.5 Å². The van der Waals surface area contributed by atoms with E-state index in [0.29, 0.717) is 6.07 Å². The summed E-state index contributed by atoms with van der Waals surface area (Å²) in [4.78, 5) is 10.5. The number of carboxylic acid groups (broad SMARTS) is 1. The summed E-state index contributed by atoms with van der Waals surface area (Å²) in [5.41, 5.74) is -2.49. The largest absolute Gasteiger partial charge is 0.573 e. The highest BCUT2D eigenvalue weighted by molar-refractivity contribution is 5.88. The van der Waals surface area contributed by atoms with Crippen molar-refractivity contribution < 1.29 is 41.0 Å². The van der Waals surface area contributed by atoms with Crippen LogP contribution >= 0.6 is 0 Å². The molecule has 1 N–H and O–H groups in total. The van der Waals surface area contributed by atoms with Crippen LogP contribution in [0.5, 0.6) is 5.75 Å². The third-order valence-electron chi connectivity index (χ3n) is 1.71. The number of rotatable bonds is 2. The van der Waals surface area contributed by atoms with Crippen molar-refractivity contribution in [2.45, 2.75) is 12.5 Å². The van der Waals surface area contributed by atoms with Crippen LogP contribution in [-0.2, 0) is 6.18 Å². The average Bonchev–Trinajstić information content (AvgIpc) is 2.12. The van der Waals surface area contributed by atoms with Crippen LogP contribution in [0.15, 0.2) is 18.2 Å². The van der Waals surface area contributed by atoms with E-state index >= 15 is 0 Å². The summed E-state index contributed by atoms with van der Waals surface area (Å²) in [5.74, 6) is -3.04. The highest BCUT2D eigenvalue weighted by Crippen LogP contribution is 2.34. The Kier molecular flexibility index (Phi) is 3.45. The Bertz CT molecular complexity index is 462. The molecule has 18 heavy (non-hydrogen) atoms. The molecule has 3 nitrogen and oxygen atoms in total. The Hall–Kier alpha value is -1.93. The molecule has 0 aliphatic heterocycles. The molecule has 0 spiro atoms. The van der Waals surface area contributed by atoms with Gasteiger partial charge in [-0.15, -0.1) is 13.2 Å². The number of alkyl halides is 6. The number of carbonyl (C=O) groups is 1. The van der Waals surface area contributed by atoms with E-state index in [-0.39, 0.29) is 12.1 Å². The minimum atomic E-state index is -5.21. The van der Waals surface area contributed by atoms with Gasteiger partial charge in [0.1, 0.15) is 5.75 Å². The standard InChI is InChI=1S/C9H4F6O3/c10-8(11,12)5-1-4(7(16)17)2-6(3-5)18-9(13,14)15/h1-3H,(H,16,17). The molecule has 0 aromatic heterocycles. The van der Waals surface area contributed by atoms with Gasteiger partial charge in [0.15, 0.2) is 0 Å². The van der Waals surface area contributed by atoms with Crippen LogP contribution in [0.2, 0.25) is 0 Å². The molecule has 9 heteroatoms. The van der Waals surface area contributed by atoms with E-state index in [4.69, 9.17) is 5.11 Å². The lowest BCUT2D eigenvalue weighted by Crippen LogP contribution is -2.18. The Balaban J connectivity index is 3.27. The zero-order valence-electron chi connectivity index (χ0n) is 8.26. The number of hydrogen-bond donors (Lipinski definition) is 1. The number of carboxylic acids is 1. The van der Waals surface area contributed by atoms with E-state index in [1.54, 1.807) is 0 Å². The Morgan fingerprint density at radius 2 is 1.61 bits per heavy atom. The monoisotopic (exact) mass is 274 g/mol. The molecule has 100 valence electrons. The lowest BCUT2D eigenvalue weighted by atomic mass is 10.1. The third kappa shape index (κ3) is 3.82. The quantitative estimate of drug-likeness (QED) is 0.841. The summed E-state index contributed by atoms with van der Waals surface area (Å²) in [6, 6.07) is 0.635. The second kappa shape index (κ2) is 4.39. The van der Waals surface area contributed by atoms with Crippen LogP contribution < -0.4 is 4.74 Å². The van der Waals surface area contributed by atoms with E-state index in [0.717, 1.165) is 0 Å². The molecule has 0 aliphatic carbocycles. The zero-order valence-corrected chi connectivity index (χ0v) is 8.26. The van der Waals surface area contributed by atoms with Crippen LogP contribution in [0, 0.1) is 0 Å². The predicted molar refractivity (Wildman–Crippen MR) is 45.1 cm³/mol. The average molecular weight is 274 g/mol. The van der Waals surface area contributed by atoms with E-state index in [1.165, 1.54) is 0 Å². The number of halogens is 6. The molecule has 1 aromatic rings. The molecule has 0 saturated heterocycles. The molecule has 1 aromatic carbocycles. The highest BCUT2D eigenvalue weighted by atomic mass is 19.4. The minimum absolute atomic E-state index is 0.0694. The molecular formula is C9H4F6O3. The Labute approximate surface area is 95.6 Å².